The number of rotatable bonds is 7. The molecule has 4 nitrogen and oxygen atoms in total. The van der Waals surface area contributed by atoms with Crippen LogP contribution in [0.25, 0.3) is 10.8 Å². The lowest BCUT2D eigenvalue weighted by molar-refractivity contribution is -0.123. The smallest absolute Gasteiger partial charge is 0.224 e. The molecule has 1 saturated heterocycles. The van der Waals surface area contributed by atoms with Crippen LogP contribution in [0.2, 0.25) is 0 Å². The van der Waals surface area contributed by atoms with Crippen LogP contribution in [0.3, 0.4) is 0 Å². The summed E-state index contributed by atoms with van der Waals surface area (Å²) < 4.78 is 5.91. The van der Waals surface area contributed by atoms with Gasteiger partial charge in [0.15, 0.2) is 0 Å². The minimum absolute atomic E-state index is 0.0127. The monoisotopic (exact) mass is 359 g/mol. The average molecular weight is 359 g/mol. The van der Waals surface area contributed by atoms with E-state index in [4.69, 9.17) is 9.84 Å². The highest BCUT2D eigenvalue weighted by molar-refractivity contribution is 7.99. The zero-order chi connectivity index (χ0) is 17.5. The van der Waals surface area contributed by atoms with Crippen molar-refractivity contribution in [1.82, 2.24) is 5.32 Å². The lowest BCUT2D eigenvalue weighted by Gasteiger charge is -2.37. The van der Waals surface area contributed by atoms with Gasteiger partial charge < -0.3 is 15.2 Å². The van der Waals surface area contributed by atoms with Gasteiger partial charge in [-0.1, -0.05) is 42.5 Å². The Bertz CT molecular complexity index is 708. The number of ether oxygens (including phenoxy) is 1. The molecule has 0 aromatic heterocycles. The van der Waals surface area contributed by atoms with Gasteiger partial charge in [0.2, 0.25) is 5.91 Å². The van der Waals surface area contributed by atoms with E-state index in [1.54, 1.807) is 0 Å². The molecule has 2 N–H and O–H groups in total. The van der Waals surface area contributed by atoms with Gasteiger partial charge in [-0.05, 0) is 40.7 Å². The maximum absolute atomic E-state index is 12.5. The second-order valence-electron chi connectivity index (χ2n) is 6.46. The molecular formula is C20H25NO3S. The number of aliphatic hydroxyl groups is 1. The number of aliphatic hydroxyl groups excluding tert-OH is 1. The van der Waals surface area contributed by atoms with Crippen molar-refractivity contribution < 1.29 is 14.6 Å². The summed E-state index contributed by atoms with van der Waals surface area (Å²) >= 11 is 1.91. The number of hydrogen-bond donors (Lipinski definition) is 2. The Kier molecular flexibility index (Phi) is 6.34. The normalized spacial score (nSPS) is 16.7. The molecule has 0 saturated carbocycles. The topological polar surface area (TPSA) is 58.6 Å². The average Bonchev–Trinajstić information content (AvgIpc) is 2.66. The number of carbonyl (C=O) groups excluding carboxylic acids is 1. The Hall–Kier alpha value is -1.56. The van der Waals surface area contributed by atoms with Crippen LogP contribution >= 0.6 is 11.8 Å². The van der Waals surface area contributed by atoms with Crippen molar-refractivity contribution >= 4 is 28.4 Å². The Morgan fingerprint density at radius 1 is 1.16 bits per heavy atom. The summed E-state index contributed by atoms with van der Waals surface area (Å²) in [6, 6.07) is 14.2. The third kappa shape index (κ3) is 4.75. The highest BCUT2D eigenvalue weighted by Gasteiger charge is 2.33. The zero-order valence-electron chi connectivity index (χ0n) is 14.4. The van der Waals surface area contributed by atoms with Gasteiger partial charge in [0.05, 0.1) is 25.2 Å². The standard InChI is InChI=1S/C20H25NO3S/c22-10-11-24-20(8-12-25-13-9-20)15-21-19(23)14-17-6-3-5-16-4-1-2-7-18(16)17/h1-7,22H,8-15H2,(H,21,23). The second kappa shape index (κ2) is 8.70. The number of benzene rings is 2. The summed E-state index contributed by atoms with van der Waals surface area (Å²) in [7, 11) is 0. The predicted molar refractivity (Wildman–Crippen MR) is 103 cm³/mol. The van der Waals surface area contributed by atoms with Crippen LogP contribution in [0.1, 0.15) is 18.4 Å². The first kappa shape index (κ1) is 18.2. The number of amides is 1. The van der Waals surface area contributed by atoms with Crippen LogP contribution in [0.4, 0.5) is 0 Å². The van der Waals surface area contributed by atoms with E-state index in [9.17, 15) is 4.79 Å². The summed E-state index contributed by atoms with van der Waals surface area (Å²) in [5.41, 5.74) is 0.711. The van der Waals surface area contributed by atoms with Crippen LogP contribution in [0.5, 0.6) is 0 Å². The highest BCUT2D eigenvalue weighted by atomic mass is 32.2. The molecule has 0 unspecified atom stereocenters. The van der Waals surface area contributed by atoms with Crippen molar-refractivity contribution in [2.24, 2.45) is 0 Å². The van der Waals surface area contributed by atoms with E-state index >= 15 is 0 Å². The van der Waals surface area contributed by atoms with Gasteiger partial charge >= 0.3 is 0 Å². The fraction of sp³-hybridized carbons (Fsp3) is 0.450. The molecule has 1 heterocycles. The van der Waals surface area contributed by atoms with E-state index in [1.807, 2.05) is 36.0 Å². The number of carbonyl (C=O) groups is 1. The van der Waals surface area contributed by atoms with E-state index in [0.717, 1.165) is 40.7 Å². The molecule has 25 heavy (non-hydrogen) atoms. The van der Waals surface area contributed by atoms with E-state index < -0.39 is 0 Å². The van der Waals surface area contributed by atoms with E-state index in [2.05, 4.69) is 23.5 Å². The Morgan fingerprint density at radius 2 is 1.92 bits per heavy atom. The SMILES string of the molecule is O=C(Cc1cccc2ccccc12)NCC1(OCCO)CCSCC1. The molecule has 5 heteroatoms. The molecule has 1 fully saturated rings. The Labute approximate surface area is 152 Å². The first-order valence-corrected chi connectivity index (χ1v) is 9.94. The quantitative estimate of drug-likeness (QED) is 0.798. The molecule has 3 rings (SSSR count). The van der Waals surface area contributed by atoms with Crippen molar-refractivity contribution in [2.75, 3.05) is 31.3 Å². The summed E-state index contributed by atoms with van der Waals surface area (Å²) in [6.45, 7) is 0.847. The third-order valence-corrected chi connectivity index (χ3v) is 5.73. The molecule has 0 atom stereocenters. The fourth-order valence-corrected chi connectivity index (χ4v) is 4.56. The van der Waals surface area contributed by atoms with Crippen molar-refractivity contribution in [3.05, 3.63) is 48.0 Å². The minimum atomic E-state index is -0.331. The summed E-state index contributed by atoms with van der Waals surface area (Å²) in [5.74, 6) is 2.08. The van der Waals surface area contributed by atoms with Gasteiger partial charge in [0.1, 0.15) is 0 Å². The van der Waals surface area contributed by atoms with Gasteiger partial charge in [-0.25, -0.2) is 0 Å². The second-order valence-corrected chi connectivity index (χ2v) is 7.68. The van der Waals surface area contributed by atoms with Crippen molar-refractivity contribution in [2.45, 2.75) is 24.9 Å². The van der Waals surface area contributed by atoms with Crippen LogP contribution in [-0.4, -0.2) is 47.9 Å². The number of nitrogens with one attached hydrogen (secondary N) is 1. The first-order valence-electron chi connectivity index (χ1n) is 8.78. The first-order chi connectivity index (χ1) is 12.2. The van der Waals surface area contributed by atoms with Crippen LogP contribution in [0, 0.1) is 0 Å². The molecule has 1 amide bonds. The fourth-order valence-electron chi connectivity index (χ4n) is 3.32. The van der Waals surface area contributed by atoms with Crippen molar-refractivity contribution in [3.63, 3.8) is 0 Å². The van der Waals surface area contributed by atoms with Crippen LogP contribution in [-0.2, 0) is 16.0 Å². The highest BCUT2D eigenvalue weighted by Crippen LogP contribution is 2.30. The summed E-state index contributed by atoms with van der Waals surface area (Å²) in [4.78, 5) is 12.5. The summed E-state index contributed by atoms with van der Waals surface area (Å²) in [5, 5.41) is 14.4. The van der Waals surface area contributed by atoms with Gasteiger partial charge in [0.25, 0.3) is 0 Å². The molecule has 1 aliphatic heterocycles. The van der Waals surface area contributed by atoms with Gasteiger partial charge in [-0.15, -0.1) is 0 Å². The molecule has 0 spiro atoms. The van der Waals surface area contributed by atoms with E-state index in [1.165, 1.54) is 0 Å². The molecule has 1 aliphatic rings. The maximum atomic E-state index is 12.5. The number of thioether (sulfide) groups is 1. The molecule has 2 aromatic rings. The largest absolute Gasteiger partial charge is 0.394 e. The van der Waals surface area contributed by atoms with Gasteiger partial charge in [-0.3, -0.25) is 4.79 Å². The predicted octanol–water partition coefficient (Wildman–Crippen LogP) is 2.77. The molecule has 0 bridgehead atoms. The van der Waals surface area contributed by atoms with E-state index in [-0.39, 0.29) is 18.1 Å². The van der Waals surface area contributed by atoms with Gasteiger partial charge in [-0.2, -0.15) is 11.8 Å². The lowest BCUT2D eigenvalue weighted by Crippen LogP contribution is -2.48. The van der Waals surface area contributed by atoms with Crippen LogP contribution < -0.4 is 5.32 Å². The molecule has 2 aromatic carbocycles. The van der Waals surface area contributed by atoms with Crippen molar-refractivity contribution in [3.8, 4) is 0 Å². The number of fused-ring (bicyclic) bond motifs is 1. The maximum Gasteiger partial charge on any atom is 0.224 e. The molecule has 134 valence electrons. The zero-order valence-corrected chi connectivity index (χ0v) is 15.2. The molecular weight excluding hydrogens is 334 g/mol. The lowest BCUT2D eigenvalue weighted by atomic mass is 9.96. The minimum Gasteiger partial charge on any atom is -0.394 e. The van der Waals surface area contributed by atoms with Crippen molar-refractivity contribution in [1.29, 1.82) is 0 Å². The van der Waals surface area contributed by atoms with E-state index in [0.29, 0.717) is 19.6 Å². The Balaban J connectivity index is 1.63. The third-order valence-electron chi connectivity index (χ3n) is 4.74. The van der Waals surface area contributed by atoms with Crippen LogP contribution in [0.15, 0.2) is 42.5 Å². The Morgan fingerprint density at radius 3 is 2.72 bits per heavy atom. The van der Waals surface area contributed by atoms with Gasteiger partial charge in [0, 0.05) is 6.54 Å². The number of hydrogen-bond acceptors (Lipinski definition) is 4. The molecule has 0 aliphatic carbocycles. The molecule has 0 radical (unpaired) electrons. The summed E-state index contributed by atoms with van der Waals surface area (Å²) in [6.07, 6.45) is 2.19.